The van der Waals surface area contributed by atoms with E-state index in [1.165, 1.54) is 4.90 Å². The molecule has 22 heavy (non-hydrogen) atoms. The lowest BCUT2D eigenvalue weighted by Crippen LogP contribution is -2.37. The molecule has 0 aromatic heterocycles. The van der Waals surface area contributed by atoms with Gasteiger partial charge in [0, 0.05) is 11.6 Å². The molecule has 0 bridgehead atoms. The molecule has 120 valence electrons. The molecule has 6 heteroatoms. The van der Waals surface area contributed by atoms with Crippen LogP contribution >= 0.6 is 0 Å². The van der Waals surface area contributed by atoms with Gasteiger partial charge < -0.3 is 19.5 Å². The van der Waals surface area contributed by atoms with Gasteiger partial charge in [-0.25, -0.2) is 0 Å². The molecule has 2 rings (SSSR count). The first-order valence-corrected chi connectivity index (χ1v) is 7.49. The summed E-state index contributed by atoms with van der Waals surface area (Å²) in [6.45, 7) is 4.40. The van der Waals surface area contributed by atoms with E-state index in [1.54, 1.807) is 18.2 Å². The standard InChI is InChI=1S/C16H21NO5/c1-3-21-13-8-5-11(9-14(13)22-4-2)16(20)17(10-15(18)19)12-6-7-12/h5,8-9,12H,3-4,6-7,10H2,1-2H3,(H,18,19). The van der Waals surface area contributed by atoms with Gasteiger partial charge in [0.1, 0.15) is 6.54 Å². The lowest BCUT2D eigenvalue weighted by Gasteiger charge is -2.21. The molecule has 0 spiro atoms. The summed E-state index contributed by atoms with van der Waals surface area (Å²) in [6.07, 6.45) is 1.71. The molecule has 0 unspecified atom stereocenters. The predicted molar refractivity (Wildman–Crippen MR) is 80.5 cm³/mol. The van der Waals surface area contributed by atoms with Crippen LogP contribution in [-0.2, 0) is 4.79 Å². The van der Waals surface area contributed by atoms with E-state index >= 15 is 0 Å². The number of ether oxygens (including phenoxy) is 2. The highest BCUT2D eigenvalue weighted by Crippen LogP contribution is 2.32. The van der Waals surface area contributed by atoms with Crippen LogP contribution in [0.4, 0.5) is 0 Å². The normalized spacial score (nSPS) is 13.5. The second-order valence-corrected chi connectivity index (χ2v) is 5.09. The van der Waals surface area contributed by atoms with Crippen molar-refractivity contribution in [3.63, 3.8) is 0 Å². The first kappa shape index (κ1) is 16.1. The maximum absolute atomic E-state index is 12.6. The molecule has 6 nitrogen and oxygen atoms in total. The molecule has 1 saturated carbocycles. The van der Waals surface area contributed by atoms with Gasteiger partial charge in [0.25, 0.3) is 5.91 Å². The molecule has 0 radical (unpaired) electrons. The van der Waals surface area contributed by atoms with Gasteiger partial charge in [-0.3, -0.25) is 9.59 Å². The fourth-order valence-corrected chi connectivity index (χ4v) is 2.25. The summed E-state index contributed by atoms with van der Waals surface area (Å²) in [5.41, 5.74) is 0.417. The van der Waals surface area contributed by atoms with Crippen molar-refractivity contribution in [1.29, 1.82) is 0 Å². The average Bonchev–Trinajstić information content (AvgIpc) is 3.31. The third-order valence-electron chi connectivity index (χ3n) is 3.34. The quantitative estimate of drug-likeness (QED) is 0.796. The number of carboxylic acid groups (broad SMARTS) is 1. The Hall–Kier alpha value is -2.24. The van der Waals surface area contributed by atoms with E-state index in [2.05, 4.69) is 0 Å². The summed E-state index contributed by atoms with van der Waals surface area (Å²) in [7, 11) is 0. The van der Waals surface area contributed by atoms with Crippen molar-refractivity contribution < 1.29 is 24.2 Å². The zero-order valence-corrected chi connectivity index (χ0v) is 12.9. The Kier molecular flexibility index (Phi) is 5.25. The summed E-state index contributed by atoms with van der Waals surface area (Å²) in [5, 5.41) is 8.97. The second-order valence-electron chi connectivity index (χ2n) is 5.09. The summed E-state index contributed by atoms with van der Waals surface area (Å²) >= 11 is 0. The average molecular weight is 307 g/mol. The monoisotopic (exact) mass is 307 g/mol. The van der Waals surface area contributed by atoms with E-state index < -0.39 is 5.97 Å². The summed E-state index contributed by atoms with van der Waals surface area (Å²) in [5.74, 6) is -0.205. The smallest absolute Gasteiger partial charge is 0.323 e. The molecule has 1 aliphatic carbocycles. The maximum atomic E-state index is 12.6. The van der Waals surface area contributed by atoms with E-state index in [1.807, 2.05) is 13.8 Å². The van der Waals surface area contributed by atoms with Crippen molar-refractivity contribution in [2.24, 2.45) is 0 Å². The number of carbonyl (C=O) groups excluding carboxylic acids is 1. The molecule has 0 saturated heterocycles. The molecule has 1 aromatic carbocycles. The lowest BCUT2D eigenvalue weighted by atomic mass is 10.1. The van der Waals surface area contributed by atoms with Crippen LogP contribution in [0.2, 0.25) is 0 Å². The largest absolute Gasteiger partial charge is 0.490 e. The van der Waals surface area contributed by atoms with Crippen LogP contribution in [0.5, 0.6) is 11.5 Å². The molecule has 0 atom stereocenters. The number of nitrogens with zero attached hydrogens (tertiary/aromatic N) is 1. The van der Waals surface area contributed by atoms with Crippen molar-refractivity contribution in [2.75, 3.05) is 19.8 Å². The summed E-state index contributed by atoms with van der Waals surface area (Å²) in [4.78, 5) is 24.9. The van der Waals surface area contributed by atoms with Crippen LogP contribution in [0.3, 0.4) is 0 Å². The van der Waals surface area contributed by atoms with Gasteiger partial charge in [0.05, 0.1) is 13.2 Å². The number of hydrogen-bond acceptors (Lipinski definition) is 4. The van der Waals surface area contributed by atoms with Gasteiger partial charge in [0.15, 0.2) is 11.5 Å². The topological polar surface area (TPSA) is 76.1 Å². The minimum atomic E-state index is -1.00. The van der Waals surface area contributed by atoms with Crippen LogP contribution in [0.25, 0.3) is 0 Å². The molecular weight excluding hydrogens is 286 g/mol. The molecular formula is C16H21NO5. The van der Waals surface area contributed by atoms with Crippen LogP contribution in [0.1, 0.15) is 37.0 Å². The molecule has 1 N–H and O–H groups in total. The Morgan fingerprint density at radius 1 is 1.18 bits per heavy atom. The highest BCUT2D eigenvalue weighted by atomic mass is 16.5. The Morgan fingerprint density at radius 3 is 2.36 bits per heavy atom. The van der Waals surface area contributed by atoms with Crippen molar-refractivity contribution in [3.05, 3.63) is 23.8 Å². The Bertz CT molecular complexity index is 553. The van der Waals surface area contributed by atoms with E-state index in [0.717, 1.165) is 12.8 Å². The number of rotatable bonds is 8. The highest BCUT2D eigenvalue weighted by molar-refractivity contribution is 5.96. The Morgan fingerprint density at radius 2 is 1.82 bits per heavy atom. The number of amides is 1. The van der Waals surface area contributed by atoms with Crippen LogP contribution in [-0.4, -0.2) is 47.7 Å². The minimum Gasteiger partial charge on any atom is -0.490 e. The first-order chi connectivity index (χ1) is 10.6. The van der Waals surface area contributed by atoms with Crippen molar-refractivity contribution >= 4 is 11.9 Å². The third-order valence-corrected chi connectivity index (χ3v) is 3.34. The zero-order valence-electron chi connectivity index (χ0n) is 12.9. The molecule has 1 amide bonds. The van der Waals surface area contributed by atoms with E-state index in [0.29, 0.717) is 30.3 Å². The first-order valence-electron chi connectivity index (χ1n) is 7.49. The molecule has 0 heterocycles. The van der Waals surface area contributed by atoms with Crippen molar-refractivity contribution in [3.8, 4) is 11.5 Å². The van der Waals surface area contributed by atoms with E-state index in [9.17, 15) is 9.59 Å². The van der Waals surface area contributed by atoms with Crippen LogP contribution in [0.15, 0.2) is 18.2 Å². The maximum Gasteiger partial charge on any atom is 0.323 e. The van der Waals surface area contributed by atoms with Crippen molar-refractivity contribution in [1.82, 2.24) is 4.90 Å². The van der Waals surface area contributed by atoms with Gasteiger partial charge in [-0.15, -0.1) is 0 Å². The van der Waals surface area contributed by atoms with Gasteiger partial charge in [0.2, 0.25) is 0 Å². The third kappa shape index (κ3) is 3.90. The van der Waals surface area contributed by atoms with Gasteiger partial charge in [-0.1, -0.05) is 0 Å². The molecule has 1 aliphatic rings. The van der Waals surface area contributed by atoms with E-state index in [4.69, 9.17) is 14.6 Å². The second kappa shape index (κ2) is 7.15. The van der Waals surface area contributed by atoms with Crippen LogP contribution < -0.4 is 9.47 Å². The van der Waals surface area contributed by atoms with E-state index in [-0.39, 0.29) is 18.5 Å². The lowest BCUT2D eigenvalue weighted by molar-refractivity contribution is -0.137. The minimum absolute atomic E-state index is 0.0331. The molecule has 1 aromatic rings. The SMILES string of the molecule is CCOc1ccc(C(=O)N(CC(=O)O)C2CC2)cc1OCC. The van der Waals surface area contributed by atoms with Gasteiger partial charge >= 0.3 is 5.97 Å². The zero-order chi connectivity index (χ0) is 16.1. The fraction of sp³-hybridized carbons (Fsp3) is 0.500. The molecule has 1 fully saturated rings. The number of aliphatic carboxylic acids is 1. The Balaban J connectivity index is 2.24. The number of carboxylic acids is 1. The highest BCUT2D eigenvalue weighted by Gasteiger charge is 2.34. The summed E-state index contributed by atoms with van der Waals surface area (Å²) < 4.78 is 11.0. The van der Waals surface area contributed by atoms with Crippen molar-refractivity contribution in [2.45, 2.75) is 32.7 Å². The number of carbonyl (C=O) groups is 2. The Labute approximate surface area is 129 Å². The fourth-order valence-electron chi connectivity index (χ4n) is 2.25. The number of benzene rings is 1. The molecule has 0 aliphatic heterocycles. The van der Waals surface area contributed by atoms with Crippen LogP contribution in [0, 0.1) is 0 Å². The number of hydrogen-bond donors (Lipinski definition) is 1. The predicted octanol–water partition coefficient (Wildman–Crippen LogP) is 2.17. The summed E-state index contributed by atoms with van der Waals surface area (Å²) in [6, 6.07) is 4.99. The van der Waals surface area contributed by atoms with Gasteiger partial charge in [-0.2, -0.15) is 0 Å². The van der Waals surface area contributed by atoms with Gasteiger partial charge in [-0.05, 0) is 44.9 Å².